The van der Waals surface area contributed by atoms with Gasteiger partial charge in [-0.15, -0.1) is 0 Å². The van der Waals surface area contributed by atoms with Crippen LogP contribution in [0.25, 0.3) is 5.52 Å². The Hall–Kier alpha value is -2.78. The number of ether oxygens (including phenoxy) is 1. The number of nitrogens with zero attached hydrogens (tertiary/aromatic N) is 3. The molecule has 188 valence electrons. The van der Waals surface area contributed by atoms with Gasteiger partial charge in [0.05, 0.1) is 30.5 Å². The summed E-state index contributed by atoms with van der Waals surface area (Å²) in [4.78, 5) is 14.5. The molecule has 0 radical (unpaired) electrons. The summed E-state index contributed by atoms with van der Waals surface area (Å²) in [5, 5.41) is 4.27. The molecule has 0 aliphatic carbocycles. The molecule has 35 heavy (non-hydrogen) atoms. The highest BCUT2D eigenvalue weighted by atomic mass is 28.4. The Morgan fingerprint density at radius 3 is 2.63 bits per heavy atom. The van der Waals surface area contributed by atoms with Gasteiger partial charge in [-0.1, -0.05) is 20.8 Å². The lowest BCUT2D eigenvalue weighted by atomic mass is 10.0. The van der Waals surface area contributed by atoms with Gasteiger partial charge in [0.25, 0.3) is 0 Å². The van der Waals surface area contributed by atoms with Crippen LogP contribution in [0.3, 0.4) is 0 Å². The Morgan fingerprint density at radius 2 is 1.94 bits per heavy atom. The predicted octanol–water partition coefficient (Wildman–Crippen LogP) is 6.13. The highest BCUT2D eigenvalue weighted by molar-refractivity contribution is 6.74. The average molecular weight is 502 g/mol. The third-order valence-corrected chi connectivity index (χ3v) is 11.7. The molecule has 9 heteroatoms. The summed E-state index contributed by atoms with van der Waals surface area (Å²) in [6.07, 6.45) is 3.62. The fourth-order valence-corrected chi connectivity index (χ4v) is 5.70. The molecule has 2 aromatic heterocycles. The van der Waals surface area contributed by atoms with Crippen molar-refractivity contribution in [2.24, 2.45) is 0 Å². The quantitative estimate of drug-likeness (QED) is 0.300. The van der Waals surface area contributed by atoms with Gasteiger partial charge in [0.1, 0.15) is 17.2 Å². The summed E-state index contributed by atoms with van der Waals surface area (Å²) in [5.41, 5.74) is 2.02. The van der Waals surface area contributed by atoms with Gasteiger partial charge in [-0.05, 0) is 61.8 Å². The van der Waals surface area contributed by atoms with E-state index in [-0.39, 0.29) is 17.7 Å². The van der Waals surface area contributed by atoms with Crippen LogP contribution < -0.4 is 4.90 Å². The number of esters is 1. The van der Waals surface area contributed by atoms with E-state index in [1.54, 1.807) is 17.6 Å². The minimum absolute atomic E-state index is 0.0189. The SMILES string of the molecule is CCOC(=O)c1cnn2ccc(N3CC(O[Si](C)(C)C(C)(C)C)CC3c3cc(F)ccc3F)cc12. The fraction of sp³-hybridized carbons (Fsp3) is 0.462. The second-order valence-corrected chi connectivity index (χ2v) is 15.3. The molecule has 0 spiro atoms. The molecule has 2 atom stereocenters. The molecule has 0 bridgehead atoms. The van der Waals surface area contributed by atoms with Crippen molar-refractivity contribution in [1.82, 2.24) is 9.61 Å². The molecule has 0 N–H and O–H groups in total. The lowest BCUT2D eigenvalue weighted by Crippen LogP contribution is -2.44. The minimum atomic E-state index is -2.09. The smallest absolute Gasteiger partial charge is 0.341 e. The molecule has 0 amide bonds. The number of carbonyl (C=O) groups is 1. The third-order valence-electron chi connectivity index (χ3n) is 7.18. The Balaban J connectivity index is 1.75. The maximum Gasteiger partial charge on any atom is 0.341 e. The monoisotopic (exact) mass is 501 g/mol. The van der Waals surface area contributed by atoms with Gasteiger partial charge in [-0.3, -0.25) is 0 Å². The van der Waals surface area contributed by atoms with E-state index in [0.29, 0.717) is 29.6 Å². The number of anilines is 1. The maximum absolute atomic E-state index is 14.9. The topological polar surface area (TPSA) is 56.1 Å². The summed E-state index contributed by atoms with van der Waals surface area (Å²) in [5.74, 6) is -1.38. The minimum Gasteiger partial charge on any atom is -0.462 e. The molecule has 3 heterocycles. The summed E-state index contributed by atoms with van der Waals surface area (Å²) < 4.78 is 42.6. The van der Waals surface area contributed by atoms with Crippen molar-refractivity contribution in [3.05, 3.63) is 65.5 Å². The van der Waals surface area contributed by atoms with Crippen LogP contribution in [-0.4, -0.2) is 43.2 Å². The highest BCUT2D eigenvalue weighted by Gasteiger charge is 2.43. The molecule has 3 aromatic rings. The molecule has 1 saturated heterocycles. The fourth-order valence-electron chi connectivity index (χ4n) is 4.34. The Morgan fingerprint density at radius 1 is 1.20 bits per heavy atom. The van der Waals surface area contributed by atoms with Crippen molar-refractivity contribution < 1.29 is 22.7 Å². The molecule has 6 nitrogen and oxygen atoms in total. The molecule has 0 saturated carbocycles. The van der Waals surface area contributed by atoms with Crippen LogP contribution >= 0.6 is 0 Å². The van der Waals surface area contributed by atoms with Crippen LogP contribution in [0.15, 0.2) is 42.7 Å². The summed E-state index contributed by atoms with van der Waals surface area (Å²) in [6, 6.07) is 6.86. The Kier molecular flexibility index (Phi) is 6.76. The van der Waals surface area contributed by atoms with E-state index in [2.05, 4.69) is 39.0 Å². The lowest BCUT2D eigenvalue weighted by Gasteiger charge is -2.38. The van der Waals surface area contributed by atoms with Gasteiger partial charge in [-0.2, -0.15) is 5.10 Å². The van der Waals surface area contributed by atoms with E-state index in [1.807, 2.05) is 17.0 Å². The number of aromatic nitrogens is 2. The van der Waals surface area contributed by atoms with Crippen LogP contribution in [0.5, 0.6) is 0 Å². The van der Waals surface area contributed by atoms with Gasteiger partial charge >= 0.3 is 5.97 Å². The van der Waals surface area contributed by atoms with Gasteiger partial charge in [0.15, 0.2) is 8.32 Å². The Labute approximate surface area is 206 Å². The summed E-state index contributed by atoms with van der Waals surface area (Å²) in [6.45, 7) is 13.5. The van der Waals surface area contributed by atoms with Gasteiger partial charge < -0.3 is 14.1 Å². The first kappa shape index (κ1) is 25.3. The standard InChI is InChI=1S/C26H33F2N3O3Si/c1-7-33-25(32)21-15-29-31-11-10-18(13-24(21)31)30-16-19(34-35(5,6)26(2,3)4)14-23(30)20-12-17(27)8-9-22(20)28/h8-13,15,19,23H,7,14,16H2,1-6H3. The van der Waals surface area contributed by atoms with Crippen LogP contribution in [0.4, 0.5) is 14.5 Å². The Bertz CT molecular complexity index is 1240. The van der Waals surface area contributed by atoms with E-state index in [0.717, 1.165) is 11.8 Å². The van der Waals surface area contributed by atoms with E-state index in [4.69, 9.17) is 9.16 Å². The molecule has 1 aromatic carbocycles. The van der Waals surface area contributed by atoms with Crippen LogP contribution in [0, 0.1) is 11.6 Å². The maximum atomic E-state index is 14.9. The number of pyridine rings is 1. The number of benzene rings is 1. The van der Waals surface area contributed by atoms with E-state index >= 15 is 0 Å². The van der Waals surface area contributed by atoms with Crippen molar-refractivity contribution in [1.29, 1.82) is 0 Å². The van der Waals surface area contributed by atoms with Crippen molar-refractivity contribution in [3.8, 4) is 0 Å². The average Bonchev–Trinajstić information content (AvgIpc) is 3.38. The predicted molar refractivity (Wildman–Crippen MR) is 134 cm³/mol. The molecular weight excluding hydrogens is 468 g/mol. The first-order chi connectivity index (χ1) is 16.4. The number of halogens is 2. The van der Waals surface area contributed by atoms with Crippen molar-refractivity contribution in [2.75, 3.05) is 18.1 Å². The second kappa shape index (κ2) is 9.35. The summed E-state index contributed by atoms with van der Waals surface area (Å²) >= 11 is 0. The molecular formula is C26H33F2N3O3Si. The summed E-state index contributed by atoms with van der Waals surface area (Å²) in [7, 11) is -2.09. The van der Waals surface area contributed by atoms with Crippen molar-refractivity contribution in [3.63, 3.8) is 0 Å². The molecule has 4 rings (SSSR count). The molecule has 1 aliphatic rings. The number of rotatable bonds is 6. The van der Waals surface area contributed by atoms with E-state index < -0.39 is 32.0 Å². The zero-order valence-corrected chi connectivity index (χ0v) is 22.1. The zero-order chi connectivity index (χ0) is 25.5. The van der Waals surface area contributed by atoms with Gasteiger partial charge in [0, 0.05) is 24.0 Å². The normalized spacial score (nSPS) is 18.9. The van der Waals surface area contributed by atoms with Gasteiger partial charge in [-0.25, -0.2) is 18.1 Å². The molecule has 2 unspecified atom stereocenters. The lowest BCUT2D eigenvalue weighted by molar-refractivity contribution is 0.0528. The third kappa shape index (κ3) is 4.97. The highest BCUT2D eigenvalue weighted by Crippen LogP contribution is 2.43. The van der Waals surface area contributed by atoms with Crippen LogP contribution in [0.1, 0.15) is 56.1 Å². The molecule has 1 fully saturated rings. The van der Waals surface area contributed by atoms with Crippen LogP contribution in [0.2, 0.25) is 18.1 Å². The second-order valence-electron chi connectivity index (χ2n) is 10.6. The van der Waals surface area contributed by atoms with E-state index in [1.165, 1.54) is 18.3 Å². The zero-order valence-electron chi connectivity index (χ0n) is 21.1. The number of hydrogen-bond acceptors (Lipinski definition) is 5. The van der Waals surface area contributed by atoms with Crippen molar-refractivity contribution >= 4 is 25.5 Å². The van der Waals surface area contributed by atoms with Gasteiger partial charge in [0.2, 0.25) is 0 Å². The number of hydrogen-bond donors (Lipinski definition) is 0. The van der Waals surface area contributed by atoms with E-state index in [9.17, 15) is 13.6 Å². The van der Waals surface area contributed by atoms with Crippen molar-refractivity contribution in [2.45, 2.75) is 64.4 Å². The number of carbonyl (C=O) groups excluding carboxylic acids is 1. The largest absolute Gasteiger partial charge is 0.462 e. The first-order valence-corrected chi connectivity index (χ1v) is 14.9. The van der Waals surface area contributed by atoms with Crippen LogP contribution in [-0.2, 0) is 9.16 Å². The molecule has 1 aliphatic heterocycles. The number of fused-ring (bicyclic) bond motifs is 1. The first-order valence-electron chi connectivity index (χ1n) is 11.9.